The molecule has 0 bridgehead atoms. The van der Waals surface area contributed by atoms with Gasteiger partial charge in [0.05, 0.1) is 13.2 Å². The zero-order valence-electron chi connectivity index (χ0n) is 10.3. The number of ether oxygens (including phenoxy) is 1. The highest BCUT2D eigenvalue weighted by Crippen LogP contribution is 2.38. The van der Waals surface area contributed by atoms with E-state index in [9.17, 15) is 0 Å². The molecule has 0 atom stereocenters. The van der Waals surface area contributed by atoms with Crippen LogP contribution in [0.25, 0.3) is 11.1 Å². The van der Waals surface area contributed by atoms with Crippen LogP contribution in [0.15, 0.2) is 28.7 Å². The fourth-order valence-electron chi connectivity index (χ4n) is 2.99. The van der Waals surface area contributed by atoms with E-state index in [4.69, 9.17) is 9.15 Å². The van der Waals surface area contributed by atoms with Gasteiger partial charge in [0.25, 0.3) is 6.01 Å². The van der Waals surface area contributed by atoms with Gasteiger partial charge in [0, 0.05) is 18.5 Å². The van der Waals surface area contributed by atoms with Crippen molar-refractivity contribution in [2.75, 3.05) is 31.2 Å². The van der Waals surface area contributed by atoms with Crippen LogP contribution in [0.5, 0.6) is 0 Å². The quantitative estimate of drug-likeness (QED) is 0.772. The topological polar surface area (TPSA) is 38.5 Å². The Morgan fingerprint density at radius 2 is 2.11 bits per heavy atom. The third kappa shape index (κ3) is 1.52. The number of rotatable bonds is 1. The Labute approximate surface area is 106 Å². The summed E-state index contributed by atoms with van der Waals surface area (Å²) in [5.74, 6) is 0. The van der Waals surface area contributed by atoms with E-state index in [0.717, 1.165) is 43.4 Å². The number of hydrogen-bond donors (Lipinski definition) is 0. The summed E-state index contributed by atoms with van der Waals surface area (Å²) in [5, 5.41) is 0. The van der Waals surface area contributed by atoms with E-state index >= 15 is 0 Å². The van der Waals surface area contributed by atoms with Gasteiger partial charge < -0.3 is 14.1 Å². The minimum Gasteiger partial charge on any atom is -0.423 e. The van der Waals surface area contributed by atoms with Crippen LogP contribution >= 0.6 is 0 Å². The van der Waals surface area contributed by atoms with Crippen LogP contribution in [-0.2, 0) is 4.74 Å². The van der Waals surface area contributed by atoms with E-state index in [0.29, 0.717) is 5.41 Å². The summed E-state index contributed by atoms with van der Waals surface area (Å²) in [6, 6.07) is 8.70. The molecule has 1 aromatic carbocycles. The third-order valence-electron chi connectivity index (χ3n) is 4.03. The number of para-hydroxylation sites is 2. The van der Waals surface area contributed by atoms with Crippen molar-refractivity contribution in [2.45, 2.75) is 12.8 Å². The Kier molecular flexibility index (Phi) is 2.14. The molecule has 2 aliphatic rings. The Morgan fingerprint density at radius 1 is 1.22 bits per heavy atom. The number of nitrogens with zero attached hydrogens (tertiary/aromatic N) is 2. The van der Waals surface area contributed by atoms with Gasteiger partial charge >= 0.3 is 0 Å². The SMILES string of the molecule is c1ccc2oc(N3CCCC4(COC4)C3)nc2c1. The van der Waals surface area contributed by atoms with Crippen molar-refractivity contribution in [3.63, 3.8) is 0 Å². The zero-order valence-corrected chi connectivity index (χ0v) is 10.3. The highest BCUT2D eigenvalue weighted by Gasteiger charge is 2.43. The van der Waals surface area contributed by atoms with Crippen LogP contribution in [0, 0.1) is 5.41 Å². The Hall–Kier alpha value is -1.55. The molecular weight excluding hydrogens is 228 g/mol. The van der Waals surface area contributed by atoms with E-state index in [-0.39, 0.29) is 0 Å². The molecule has 18 heavy (non-hydrogen) atoms. The Morgan fingerprint density at radius 3 is 2.89 bits per heavy atom. The van der Waals surface area contributed by atoms with Crippen LogP contribution in [0.4, 0.5) is 6.01 Å². The molecule has 2 saturated heterocycles. The van der Waals surface area contributed by atoms with Crippen LogP contribution in [0.1, 0.15) is 12.8 Å². The molecule has 0 radical (unpaired) electrons. The van der Waals surface area contributed by atoms with E-state index in [2.05, 4.69) is 9.88 Å². The van der Waals surface area contributed by atoms with Crippen LogP contribution < -0.4 is 4.90 Å². The molecule has 0 aliphatic carbocycles. The first-order valence-electron chi connectivity index (χ1n) is 6.53. The fourth-order valence-corrected chi connectivity index (χ4v) is 2.99. The molecule has 4 nitrogen and oxygen atoms in total. The van der Waals surface area contributed by atoms with Crippen molar-refractivity contribution in [3.8, 4) is 0 Å². The third-order valence-corrected chi connectivity index (χ3v) is 4.03. The fraction of sp³-hybridized carbons (Fsp3) is 0.500. The van der Waals surface area contributed by atoms with Gasteiger partial charge in [-0.2, -0.15) is 4.98 Å². The lowest BCUT2D eigenvalue weighted by Gasteiger charge is -2.47. The molecule has 4 rings (SSSR count). The lowest BCUT2D eigenvalue weighted by atomic mass is 9.78. The summed E-state index contributed by atoms with van der Waals surface area (Å²) in [7, 11) is 0. The number of benzene rings is 1. The highest BCUT2D eigenvalue weighted by molar-refractivity contribution is 5.74. The molecule has 1 aromatic heterocycles. The van der Waals surface area contributed by atoms with Gasteiger partial charge in [-0.25, -0.2) is 0 Å². The average Bonchev–Trinajstić information content (AvgIpc) is 2.81. The van der Waals surface area contributed by atoms with E-state index < -0.39 is 0 Å². The largest absolute Gasteiger partial charge is 0.423 e. The van der Waals surface area contributed by atoms with Crippen molar-refractivity contribution in [2.24, 2.45) is 5.41 Å². The zero-order chi connectivity index (χ0) is 12.0. The van der Waals surface area contributed by atoms with Crippen LogP contribution in [0.2, 0.25) is 0 Å². The number of aromatic nitrogens is 1. The van der Waals surface area contributed by atoms with Gasteiger partial charge in [0.1, 0.15) is 5.52 Å². The molecule has 0 saturated carbocycles. The van der Waals surface area contributed by atoms with E-state index in [1.807, 2.05) is 24.3 Å². The number of oxazole rings is 1. The summed E-state index contributed by atoms with van der Waals surface area (Å²) < 4.78 is 11.2. The molecule has 94 valence electrons. The minimum absolute atomic E-state index is 0.360. The van der Waals surface area contributed by atoms with Gasteiger partial charge in [-0.15, -0.1) is 0 Å². The molecule has 0 N–H and O–H groups in total. The minimum atomic E-state index is 0.360. The molecule has 2 aliphatic heterocycles. The molecule has 1 spiro atoms. The van der Waals surface area contributed by atoms with E-state index in [1.54, 1.807) is 0 Å². The Balaban J connectivity index is 1.65. The molecular formula is C14H16N2O2. The number of hydrogen-bond acceptors (Lipinski definition) is 4. The van der Waals surface area contributed by atoms with Crippen LogP contribution in [-0.4, -0.2) is 31.3 Å². The first-order valence-corrected chi connectivity index (χ1v) is 6.53. The summed E-state index contributed by atoms with van der Waals surface area (Å²) >= 11 is 0. The van der Waals surface area contributed by atoms with Crippen molar-refractivity contribution in [1.82, 2.24) is 4.98 Å². The first-order chi connectivity index (χ1) is 8.85. The maximum atomic E-state index is 5.84. The van der Waals surface area contributed by atoms with Gasteiger partial charge in [-0.1, -0.05) is 12.1 Å². The second-order valence-electron chi connectivity index (χ2n) is 5.48. The second-order valence-corrected chi connectivity index (χ2v) is 5.48. The highest BCUT2D eigenvalue weighted by atomic mass is 16.5. The normalized spacial score (nSPS) is 22.3. The second kappa shape index (κ2) is 3.72. The van der Waals surface area contributed by atoms with E-state index in [1.165, 1.54) is 12.8 Å². The first kappa shape index (κ1) is 10.4. The lowest BCUT2D eigenvalue weighted by Crippen LogP contribution is -2.54. The smallest absolute Gasteiger partial charge is 0.298 e. The predicted molar refractivity (Wildman–Crippen MR) is 68.7 cm³/mol. The van der Waals surface area contributed by atoms with Gasteiger partial charge in [0.15, 0.2) is 5.58 Å². The molecule has 2 fully saturated rings. The van der Waals surface area contributed by atoms with Crippen molar-refractivity contribution >= 4 is 17.1 Å². The molecule has 0 unspecified atom stereocenters. The molecule has 0 amide bonds. The summed E-state index contributed by atoms with van der Waals surface area (Å²) in [5.41, 5.74) is 2.17. The number of fused-ring (bicyclic) bond motifs is 1. The van der Waals surface area contributed by atoms with Crippen molar-refractivity contribution in [1.29, 1.82) is 0 Å². The van der Waals surface area contributed by atoms with Crippen molar-refractivity contribution in [3.05, 3.63) is 24.3 Å². The van der Waals surface area contributed by atoms with Crippen molar-refractivity contribution < 1.29 is 9.15 Å². The standard InChI is InChI=1S/C14H16N2O2/c1-2-5-12-11(4-1)15-13(18-12)16-7-3-6-14(8-16)9-17-10-14/h1-2,4-5H,3,6-10H2. The van der Waals surface area contributed by atoms with Gasteiger partial charge in [-0.3, -0.25) is 0 Å². The summed E-state index contributed by atoms with van der Waals surface area (Å²) in [6.45, 7) is 3.84. The average molecular weight is 244 g/mol. The predicted octanol–water partition coefficient (Wildman–Crippen LogP) is 2.44. The maximum absolute atomic E-state index is 5.84. The lowest BCUT2D eigenvalue weighted by molar-refractivity contribution is -0.118. The number of piperidine rings is 1. The maximum Gasteiger partial charge on any atom is 0.298 e. The molecule has 4 heteroatoms. The monoisotopic (exact) mass is 244 g/mol. The van der Waals surface area contributed by atoms with Gasteiger partial charge in [0.2, 0.25) is 0 Å². The number of anilines is 1. The van der Waals surface area contributed by atoms with Crippen LogP contribution in [0.3, 0.4) is 0 Å². The molecule has 2 aromatic rings. The van der Waals surface area contributed by atoms with Gasteiger partial charge in [-0.05, 0) is 25.0 Å². The summed E-state index contributed by atoms with van der Waals surface area (Å²) in [6.07, 6.45) is 2.46. The Bertz CT molecular complexity index is 541. The summed E-state index contributed by atoms with van der Waals surface area (Å²) in [4.78, 5) is 6.85. The molecule has 3 heterocycles.